The highest BCUT2D eigenvalue weighted by molar-refractivity contribution is 5.94. The summed E-state index contributed by atoms with van der Waals surface area (Å²) < 4.78 is 52.1. The number of halogens is 4. The van der Waals surface area contributed by atoms with Crippen molar-refractivity contribution in [3.05, 3.63) is 35.1 Å². The van der Waals surface area contributed by atoms with E-state index < -0.39 is 29.0 Å². The summed E-state index contributed by atoms with van der Waals surface area (Å²) >= 11 is 0. The van der Waals surface area contributed by atoms with E-state index in [1.54, 1.807) is 0 Å². The SMILES string of the molecule is CCCN(CC1CC1)C(=O)c1cccc(C(F)(F)F)c1F. The standard InChI is InChI=1S/C15H17F4NO/c1-2-8-20(9-10-6-7-10)14(21)11-4-3-5-12(13(11)16)15(17,18)19/h3-5,10H,2,6-9H2,1H3. The molecule has 0 unspecified atom stereocenters. The molecule has 1 aliphatic rings. The normalized spacial score (nSPS) is 15.1. The van der Waals surface area contributed by atoms with Gasteiger partial charge in [-0.1, -0.05) is 13.0 Å². The first-order chi connectivity index (χ1) is 9.84. The summed E-state index contributed by atoms with van der Waals surface area (Å²) in [7, 11) is 0. The summed E-state index contributed by atoms with van der Waals surface area (Å²) in [5.41, 5.74) is -1.89. The minimum absolute atomic E-state index is 0.398. The van der Waals surface area contributed by atoms with E-state index in [0.717, 1.165) is 25.0 Å². The van der Waals surface area contributed by atoms with Crippen LogP contribution in [-0.2, 0) is 6.18 Å². The molecule has 0 aliphatic heterocycles. The quantitative estimate of drug-likeness (QED) is 0.750. The lowest BCUT2D eigenvalue weighted by Crippen LogP contribution is -2.34. The first kappa shape index (κ1) is 15.8. The predicted octanol–water partition coefficient (Wildman–Crippen LogP) is 4.11. The molecule has 1 aromatic rings. The average molecular weight is 303 g/mol. The molecule has 1 fully saturated rings. The molecule has 0 heterocycles. The fourth-order valence-electron chi connectivity index (χ4n) is 2.24. The van der Waals surface area contributed by atoms with Gasteiger partial charge in [0.15, 0.2) is 0 Å². The van der Waals surface area contributed by atoms with Crippen LogP contribution in [0.1, 0.15) is 42.1 Å². The highest BCUT2D eigenvalue weighted by Gasteiger charge is 2.36. The van der Waals surface area contributed by atoms with E-state index in [9.17, 15) is 22.4 Å². The van der Waals surface area contributed by atoms with Gasteiger partial charge in [-0.25, -0.2) is 4.39 Å². The molecule has 6 heteroatoms. The Morgan fingerprint density at radius 3 is 2.52 bits per heavy atom. The van der Waals surface area contributed by atoms with Crippen LogP contribution < -0.4 is 0 Å². The zero-order chi connectivity index (χ0) is 15.6. The Morgan fingerprint density at radius 1 is 1.33 bits per heavy atom. The minimum Gasteiger partial charge on any atom is -0.338 e. The fourth-order valence-corrected chi connectivity index (χ4v) is 2.24. The van der Waals surface area contributed by atoms with Crippen molar-refractivity contribution in [3.63, 3.8) is 0 Å². The van der Waals surface area contributed by atoms with Crippen LogP contribution in [0.25, 0.3) is 0 Å². The lowest BCUT2D eigenvalue weighted by molar-refractivity contribution is -0.140. The molecule has 1 aliphatic carbocycles. The molecule has 1 saturated carbocycles. The maximum absolute atomic E-state index is 14.0. The first-order valence-corrected chi connectivity index (χ1v) is 6.99. The lowest BCUT2D eigenvalue weighted by Gasteiger charge is -2.23. The number of carbonyl (C=O) groups excluding carboxylic acids is 1. The van der Waals surface area contributed by atoms with Crippen LogP contribution in [0.2, 0.25) is 0 Å². The zero-order valence-corrected chi connectivity index (χ0v) is 11.7. The van der Waals surface area contributed by atoms with Crippen molar-refractivity contribution in [2.24, 2.45) is 5.92 Å². The van der Waals surface area contributed by atoms with E-state index >= 15 is 0 Å². The van der Waals surface area contributed by atoms with Crippen LogP contribution in [0.4, 0.5) is 17.6 Å². The Kier molecular flexibility index (Phi) is 4.54. The molecule has 116 valence electrons. The van der Waals surface area contributed by atoms with Gasteiger partial charge < -0.3 is 4.90 Å². The second-order valence-corrected chi connectivity index (χ2v) is 5.36. The monoisotopic (exact) mass is 303 g/mol. The van der Waals surface area contributed by atoms with Gasteiger partial charge in [0.25, 0.3) is 5.91 Å². The number of benzene rings is 1. The number of carbonyl (C=O) groups is 1. The minimum atomic E-state index is -4.80. The molecular weight excluding hydrogens is 286 g/mol. The highest BCUT2D eigenvalue weighted by Crippen LogP contribution is 2.33. The summed E-state index contributed by atoms with van der Waals surface area (Å²) in [5.74, 6) is -1.74. The Balaban J connectivity index is 2.28. The smallest absolute Gasteiger partial charge is 0.338 e. The van der Waals surface area contributed by atoms with Crippen LogP contribution in [0, 0.1) is 11.7 Å². The number of alkyl halides is 3. The molecule has 0 saturated heterocycles. The number of hydrogen-bond acceptors (Lipinski definition) is 1. The van der Waals surface area contributed by atoms with Crippen molar-refractivity contribution in [1.82, 2.24) is 4.90 Å². The summed E-state index contributed by atoms with van der Waals surface area (Å²) in [5, 5.41) is 0. The Bertz CT molecular complexity index is 523. The highest BCUT2D eigenvalue weighted by atomic mass is 19.4. The van der Waals surface area contributed by atoms with E-state index in [0.29, 0.717) is 31.5 Å². The molecular formula is C15H17F4NO. The number of nitrogens with zero attached hydrogens (tertiary/aromatic N) is 1. The van der Waals surface area contributed by atoms with Gasteiger partial charge in [-0.3, -0.25) is 4.79 Å². The van der Waals surface area contributed by atoms with Crippen LogP contribution in [0.5, 0.6) is 0 Å². The largest absolute Gasteiger partial charge is 0.419 e. The fraction of sp³-hybridized carbons (Fsp3) is 0.533. The summed E-state index contributed by atoms with van der Waals surface area (Å²) in [6.45, 7) is 2.78. The van der Waals surface area contributed by atoms with Crippen LogP contribution in [0.15, 0.2) is 18.2 Å². The third kappa shape index (κ3) is 3.74. The van der Waals surface area contributed by atoms with Gasteiger partial charge in [0.05, 0.1) is 11.1 Å². The van der Waals surface area contributed by atoms with Crippen molar-refractivity contribution in [3.8, 4) is 0 Å². The molecule has 0 spiro atoms. The summed E-state index contributed by atoms with van der Waals surface area (Å²) in [4.78, 5) is 13.8. The summed E-state index contributed by atoms with van der Waals surface area (Å²) in [6.07, 6.45) is -2.09. The lowest BCUT2D eigenvalue weighted by atomic mass is 10.1. The molecule has 0 radical (unpaired) electrons. The van der Waals surface area contributed by atoms with E-state index in [-0.39, 0.29) is 0 Å². The van der Waals surface area contributed by atoms with Gasteiger partial charge in [0.2, 0.25) is 0 Å². The van der Waals surface area contributed by atoms with E-state index in [1.165, 1.54) is 4.90 Å². The molecule has 2 rings (SSSR count). The Labute approximate surface area is 120 Å². The van der Waals surface area contributed by atoms with Crippen LogP contribution in [-0.4, -0.2) is 23.9 Å². The van der Waals surface area contributed by atoms with E-state index in [4.69, 9.17) is 0 Å². The maximum atomic E-state index is 14.0. The van der Waals surface area contributed by atoms with Crippen molar-refractivity contribution in [2.75, 3.05) is 13.1 Å². The Hall–Kier alpha value is -1.59. The van der Waals surface area contributed by atoms with Crippen molar-refractivity contribution in [1.29, 1.82) is 0 Å². The van der Waals surface area contributed by atoms with E-state index in [2.05, 4.69) is 0 Å². The molecule has 1 aromatic carbocycles. The molecule has 0 bridgehead atoms. The number of rotatable bonds is 5. The third-order valence-electron chi connectivity index (χ3n) is 3.49. The molecule has 21 heavy (non-hydrogen) atoms. The second-order valence-electron chi connectivity index (χ2n) is 5.36. The summed E-state index contributed by atoms with van der Waals surface area (Å²) in [6, 6.07) is 2.83. The van der Waals surface area contributed by atoms with Gasteiger partial charge in [-0.2, -0.15) is 13.2 Å². The topological polar surface area (TPSA) is 20.3 Å². The van der Waals surface area contributed by atoms with Gasteiger partial charge >= 0.3 is 6.18 Å². The maximum Gasteiger partial charge on any atom is 0.419 e. The van der Waals surface area contributed by atoms with Gasteiger partial charge in [-0.15, -0.1) is 0 Å². The van der Waals surface area contributed by atoms with Gasteiger partial charge in [-0.05, 0) is 37.3 Å². The molecule has 0 atom stereocenters. The third-order valence-corrected chi connectivity index (χ3v) is 3.49. The molecule has 1 amide bonds. The van der Waals surface area contributed by atoms with Crippen LogP contribution in [0.3, 0.4) is 0 Å². The second kappa shape index (κ2) is 6.03. The average Bonchev–Trinajstić information content (AvgIpc) is 3.20. The number of amides is 1. The van der Waals surface area contributed by atoms with Crippen LogP contribution >= 0.6 is 0 Å². The van der Waals surface area contributed by atoms with E-state index in [1.807, 2.05) is 6.92 Å². The molecule has 0 aromatic heterocycles. The van der Waals surface area contributed by atoms with Crippen molar-refractivity contribution >= 4 is 5.91 Å². The van der Waals surface area contributed by atoms with Gasteiger partial charge in [0.1, 0.15) is 5.82 Å². The van der Waals surface area contributed by atoms with Crippen molar-refractivity contribution in [2.45, 2.75) is 32.4 Å². The Morgan fingerprint density at radius 2 is 2.00 bits per heavy atom. The number of hydrogen-bond donors (Lipinski definition) is 0. The molecule has 0 N–H and O–H groups in total. The molecule has 2 nitrogen and oxygen atoms in total. The van der Waals surface area contributed by atoms with Gasteiger partial charge in [0, 0.05) is 13.1 Å². The first-order valence-electron chi connectivity index (χ1n) is 6.99. The predicted molar refractivity (Wildman–Crippen MR) is 70.3 cm³/mol. The van der Waals surface area contributed by atoms with Crippen molar-refractivity contribution < 1.29 is 22.4 Å². The zero-order valence-electron chi connectivity index (χ0n) is 11.7.